The number of aryl methyl sites for hydroxylation is 1. The van der Waals surface area contributed by atoms with Crippen molar-refractivity contribution in [2.24, 2.45) is 0 Å². The SMILES string of the molecule is COCCCNc1nncc(NCc2cccc(C)c2)n1. The zero-order valence-corrected chi connectivity index (χ0v) is 12.5. The third kappa shape index (κ3) is 5.35. The van der Waals surface area contributed by atoms with E-state index in [0.717, 1.165) is 13.0 Å². The molecule has 0 amide bonds. The zero-order valence-electron chi connectivity index (χ0n) is 12.5. The number of benzene rings is 1. The molecule has 2 N–H and O–H groups in total. The van der Waals surface area contributed by atoms with Crippen molar-refractivity contribution in [2.75, 3.05) is 30.9 Å². The van der Waals surface area contributed by atoms with Crippen molar-refractivity contribution in [3.8, 4) is 0 Å². The van der Waals surface area contributed by atoms with E-state index in [1.54, 1.807) is 13.3 Å². The molecule has 1 aromatic heterocycles. The van der Waals surface area contributed by atoms with Crippen LogP contribution in [0.25, 0.3) is 0 Å². The summed E-state index contributed by atoms with van der Waals surface area (Å²) in [6, 6.07) is 8.36. The maximum atomic E-state index is 4.99. The summed E-state index contributed by atoms with van der Waals surface area (Å²) >= 11 is 0. The van der Waals surface area contributed by atoms with E-state index in [1.165, 1.54) is 11.1 Å². The van der Waals surface area contributed by atoms with Gasteiger partial charge in [-0.2, -0.15) is 10.1 Å². The van der Waals surface area contributed by atoms with Crippen molar-refractivity contribution >= 4 is 11.8 Å². The van der Waals surface area contributed by atoms with Crippen molar-refractivity contribution in [1.82, 2.24) is 15.2 Å². The van der Waals surface area contributed by atoms with Crippen molar-refractivity contribution in [1.29, 1.82) is 0 Å². The summed E-state index contributed by atoms with van der Waals surface area (Å²) in [6.07, 6.45) is 2.52. The molecule has 0 saturated heterocycles. The van der Waals surface area contributed by atoms with E-state index in [9.17, 15) is 0 Å². The first-order chi connectivity index (χ1) is 10.3. The second-order valence-corrected chi connectivity index (χ2v) is 4.78. The molecule has 112 valence electrons. The van der Waals surface area contributed by atoms with Crippen LogP contribution in [0.15, 0.2) is 30.5 Å². The average molecular weight is 287 g/mol. The molecule has 6 nitrogen and oxygen atoms in total. The lowest BCUT2D eigenvalue weighted by molar-refractivity contribution is 0.197. The number of nitrogens with one attached hydrogen (secondary N) is 2. The number of methoxy groups -OCH3 is 1. The lowest BCUT2D eigenvalue weighted by Crippen LogP contribution is -2.10. The van der Waals surface area contributed by atoms with Gasteiger partial charge in [0, 0.05) is 26.8 Å². The Bertz CT molecular complexity index is 561. The Hall–Kier alpha value is -2.21. The fraction of sp³-hybridized carbons (Fsp3) is 0.400. The molecular formula is C15H21N5O. The normalized spacial score (nSPS) is 10.4. The summed E-state index contributed by atoms with van der Waals surface area (Å²) in [6.45, 7) is 4.27. The summed E-state index contributed by atoms with van der Waals surface area (Å²) in [5.41, 5.74) is 2.46. The van der Waals surface area contributed by atoms with E-state index < -0.39 is 0 Å². The van der Waals surface area contributed by atoms with Gasteiger partial charge in [0.2, 0.25) is 5.95 Å². The topological polar surface area (TPSA) is 72.0 Å². The summed E-state index contributed by atoms with van der Waals surface area (Å²) in [5, 5.41) is 14.3. The van der Waals surface area contributed by atoms with Crippen molar-refractivity contribution in [2.45, 2.75) is 19.9 Å². The van der Waals surface area contributed by atoms with Crippen molar-refractivity contribution < 1.29 is 4.74 Å². The third-order valence-electron chi connectivity index (χ3n) is 2.92. The minimum Gasteiger partial charge on any atom is -0.385 e. The smallest absolute Gasteiger partial charge is 0.244 e. The quantitative estimate of drug-likeness (QED) is 0.726. The Kier molecular flexibility index (Phi) is 5.90. The third-order valence-corrected chi connectivity index (χ3v) is 2.92. The molecule has 0 bridgehead atoms. The second-order valence-electron chi connectivity index (χ2n) is 4.78. The molecule has 0 atom stereocenters. The molecule has 0 saturated carbocycles. The van der Waals surface area contributed by atoms with Crippen LogP contribution in [0.2, 0.25) is 0 Å². The summed E-state index contributed by atoms with van der Waals surface area (Å²) in [5.74, 6) is 1.24. The van der Waals surface area contributed by atoms with Gasteiger partial charge >= 0.3 is 0 Å². The van der Waals surface area contributed by atoms with Gasteiger partial charge in [-0.05, 0) is 18.9 Å². The molecule has 0 aliphatic carbocycles. The molecule has 0 fully saturated rings. The first-order valence-electron chi connectivity index (χ1n) is 7.00. The highest BCUT2D eigenvalue weighted by Crippen LogP contribution is 2.08. The van der Waals surface area contributed by atoms with Gasteiger partial charge in [0.15, 0.2) is 5.82 Å². The van der Waals surface area contributed by atoms with Crippen LogP contribution in [0.3, 0.4) is 0 Å². The maximum absolute atomic E-state index is 4.99. The minimum absolute atomic E-state index is 0.528. The molecule has 0 radical (unpaired) electrons. The molecule has 1 aromatic carbocycles. The fourth-order valence-electron chi connectivity index (χ4n) is 1.90. The number of hydrogen-bond acceptors (Lipinski definition) is 6. The minimum atomic E-state index is 0.528. The van der Waals surface area contributed by atoms with Crippen LogP contribution >= 0.6 is 0 Å². The van der Waals surface area contributed by atoms with Crippen LogP contribution in [-0.2, 0) is 11.3 Å². The molecule has 0 aliphatic rings. The predicted octanol–water partition coefficient (Wildman–Crippen LogP) is 2.24. The van der Waals surface area contributed by atoms with Crippen molar-refractivity contribution in [3.05, 3.63) is 41.6 Å². The van der Waals surface area contributed by atoms with Gasteiger partial charge in [0.1, 0.15) is 0 Å². The number of hydrogen-bond donors (Lipinski definition) is 2. The lowest BCUT2D eigenvalue weighted by Gasteiger charge is -2.08. The van der Waals surface area contributed by atoms with Gasteiger partial charge < -0.3 is 15.4 Å². The van der Waals surface area contributed by atoms with E-state index in [2.05, 4.69) is 50.9 Å². The first kappa shape index (κ1) is 15.2. The highest BCUT2D eigenvalue weighted by atomic mass is 16.5. The number of nitrogens with zero attached hydrogens (tertiary/aromatic N) is 3. The van der Waals surface area contributed by atoms with Gasteiger partial charge in [-0.1, -0.05) is 29.8 Å². The fourth-order valence-corrected chi connectivity index (χ4v) is 1.90. The summed E-state index contributed by atoms with van der Waals surface area (Å²) < 4.78 is 4.99. The lowest BCUT2D eigenvalue weighted by atomic mass is 10.1. The number of ether oxygens (including phenoxy) is 1. The molecule has 2 aromatic rings. The van der Waals surface area contributed by atoms with Gasteiger partial charge in [-0.25, -0.2) is 0 Å². The van der Waals surface area contributed by atoms with Crippen LogP contribution < -0.4 is 10.6 Å². The highest BCUT2D eigenvalue weighted by Gasteiger charge is 2.00. The Labute approximate surface area is 125 Å². The standard InChI is InChI=1S/C15H21N5O/c1-12-5-3-6-13(9-12)10-17-14-11-18-20-15(19-14)16-7-4-8-21-2/h3,5-6,9,11H,4,7-8,10H2,1-2H3,(H2,16,17,19,20). The Morgan fingerprint density at radius 3 is 2.95 bits per heavy atom. The molecular weight excluding hydrogens is 266 g/mol. The average Bonchev–Trinajstić information content (AvgIpc) is 2.50. The van der Waals surface area contributed by atoms with Gasteiger partial charge in [0.05, 0.1) is 6.20 Å². The highest BCUT2D eigenvalue weighted by molar-refractivity contribution is 5.38. The monoisotopic (exact) mass is 287 g/mol. The maximum Gasteiger partial charge on any atom is 0.244 e. The van der Waals surface area contributed by atoms with Crippen LogP contribution in [0.5, 0.6) is 0 Å². The first-order valence-corrected chi connectivity index (χ1v) is 7.00. The Morgan fingerprint density at radius 1 is 1.24 bits per heavy atom. The Morgan fingerprint density at radius 2 is 2.14 bits per heavy atom. The van der Waals surface area contributed by atoms with E-state index in [4.69, 9.17) is 4.74 Å². The Balaban J connectivity index is 1.86. The van der Waals surface area contributed by atoms with E-state index in [1.807, 2.05) is 6.07 Å². The van der Waals surface area contributed by atoms with Crippen LogP contribution in [-0.4, -0.2) is 35.4 Å². The van der Waals surface area contributed by atoms with E-state index in [-0.39, 0.29) is 0 Å². The van der Waals surface area contributed by atoms with Crippen LogP contribution in [0, 0.1) is 6.92 Å². The molecule has 0 unspecified atom stereocenters. The van der Waals surface area contributed by atoms with Gasteiger partial charge in [0.25, 0.3) is 0 Å². The van der Waals surface area contributed by atoms with Crippen LogP contribution in [0.1, 0.15) is 17.5 Å². The summed E-state index contributed by atoms with van der Waals surface area (Å²) in [7, 11) is 1.69. The zero-order chi connectivity index (χ0) is 14.9. The molecule has 6 heteroatoms. The largest absolute Gasteiger partial charge is 0.385 e. The molecule has 0 spiro atoms. The van der Waals surface area contributed by atoms with Gasteiger partial charge in [-0.15, -0.1) is 5.10 Å². The van der Waals surface area contributed by atoms with Crippen molar-refractivity contribution in [3.63, 3.8) is 0 Å². The predicted molar refractivity (Wildman–Crippen MR) is 83.3 cm³/mol. The van der Waals surface area contributed by atoms with Gasteiger partial charge in [-0.3, -0.25) is 0 Å². The van der Waals surface area contributed by atoms with E-state index >= 15 is 0 Å². The summed E-state index contributed by atoms with van der Waals surface area (Å²) in [4.78, 5) is 4.37. The number of rotatable bonds is 8. The molecule has 1 heterocycles. The number of aromatic nitrogens is 3. The van der Waals surface area contributed by atoms with E-state index in [0.29, 0.717) is 24.9 Å². The number of anilines is 2. The molecule has 0 aliphatic heterocycles. The second kappa shape index (κ2) is 8.16. The molecule has 21 heavy (non-hydrogen) atoms. The molecule has 2 rings (SSSR count). The van der Waals surface area contributed by atoms with Crippen LogP contribution in [0.4, 0.5) is 11.8 Å².